The molecule has 0 amide bonds. The van der Waals surface area contributed by atoms with Crippen molar-refractivity contribution in [2.75, 3.05) is 17.6 Å². The molecule has 1 heterocycles. The van der Waals surface area contributed by atoms with Crippen LogP contribution >= 0.6 is 0 Å². The van der Waals surface area contributed by atoms with E-state index in [9.17, 15) is 0 Å². The average Bonchev–Trinajstić information content (AvgIpc) is 2.87. The number of nitrogens with two attached hydrogens (primary N) is 2. The lowest BCUT2D eigenvalue weighted by Crippen LogP contribution is -2.10. The van der Waals surface area contributed by atoms with Crippen molar-refractivity contribution in [2.24, 2.45) is 5.73 Å². The van der Waals surface area contributed by atoms with Crippen molar-refractivity contribution in [3.8, 4) is 0 Å². The number of nitrogens with zero attached hydrogens (tertiary/aromatic N) is 2. The average molecular weight is 193 g/mol. The van der Waals surface area contributed by atoms with E-state index in [2.05, 4.69) is 15.3 Å². The highest BCUT2D eigenvalue weighted by atomic mass is 15.1. The van der Waals surface area contributed by atoms with Gasteiger partial charge in [0.15, 0.2) is 0 Å². The minimum atomic E-state index is 0.319. The van der Waals surface area contributed by atoms with Crippen LogP contribution in [0.3, 0.4) is 0 Å². The normalized spacial score (nSPS) is 15.5. The molecule has 1 fully saturated rings. The van der Waals surface area contributed by atoms with Crippen LogP contribution in [0.4, 0.5) is 11.8 Å². The maximum Gasteiger partial charge on any atom is 0.222 e. The van der Waals surface area contributed by atoms with Gasteiger partial charge in [-0.05, 0) is 19.4 Å². The summed E-state index contributed by atoms with van der Waals surface area (Å²) < 4.78 is 0. The molecule has 1 aliphatic carbocycles. The van der Waals surface area contributed by atoms with E-state index in [1.54, 1.807) is 0 Å². The molecule has 1 aromatic heterocycles. The van der Waals surface area contributed by atoms with Crippen LogP contribution < -0.4 is 16.8 Å². The summed E-state index contributed by atoms with van der Waals surface area (Å²) in [6, 6.07) is 2.50. The van der Waals surface area contributed by atoms with Crippen LogP contribution in [0.25, 0.3) is 0 Å². The van der Waals surface area contributed by atoms with E-state index in [-0.39, 0.29) is 0 Å². The van der Waals surface area contributed by atoms with Crippen molar-refractivity contribution < 1.29 is 0 Å². The van der Waals surface area contributed by atoms with Gasteiger partial charge in [-0.3, -0.25) is 0 Å². The zero-order valence-corrected chi connectivity index (χ0v) is 8.03. The van der Waals surface area contributed by atoms with Gasteiger partial charge in [-0.2, -0.15) is 4.98 Å². The van der Waals surface area contributed by atoms with Gasteiger partial charge >= 0.3 is 0 Å². The molecule has 0 aliphatic heterocycles. The van der Waals surface area contributed by atoms with E-state index >= 15 is 0 Å². The molecule has 1 aliphatic rings. The molecular weight excluding hydrogens is 178 g/mol. The summed E-state index contributed by atoms with van der Waals surface area (Å²) in [6.07, 6.45) is 3.18. The number of anilines is 2. The van der Waals surface area contributed by atoms with Gasteiger partial charge in [0.1, 0.15) is 5.82 Å². The standard InChI is InChI=1S/C9H15N5/c10-4-3-7-5-8(12-6-1-2-6)14-9(11)13-7/h5-6H,1-4,10H2,(H3,11,12,13,14). The van der Waals surface area contributed by atoms with E-state index < -0.39 is 0 Å². The fourth-order valence-electron chi connectivity index (χ4n) is 1.30. The van der Waals surface area contributed by atoms with Crippen molar-refractivity contribution in [3.63, 3.8) is 0 Å². The van der Waals surface area contributed by atoms with E-state index in [4.69, 9.17) is 11.5 Å². The van der Waals surface area contributed by atoms with Gasteiger partial charge in [0.25, 0.3) is 0 Å². The van der Waals surface area contributed by atoms with Gasteiger partial charge in [-0.15, -0.1) is 0 Å². The van der Waals surface area contributed by atoms with Gasteiger partial charge < -0.3 is 16.8 Å². The Morgan fingerprint density at radius 3 is 2.86 bits per heavy atom. The van der Waals surface area contributed by atoms with Gasteiger partial charge in [0.05, 0.1) is 0 Å². The molecule has 0 bridgehead atoms. The number of rotatable bonds is 4. The predicted octanol–water partition coefficient (Wildman–Crippen LogP) is 0.134. The molecule has 0 atom stereocenters. The fourth-order valence-corrected chi connectivity index (χ4v) is 1.30. The zero-order chi connectivity index (χ0) is 9.97. The topological polar surface area (TPSA) is 89.8 Å². The first-order chi connectivity index (χ1) is 6.78. The maximum absolute atomic E-state index is 5.58. The summed E-state index contributed by atoms with van der Waals surface area (Å²) in [4.78, 5) is 8.21. The monoisotopic (exact) mass is 193 g/mol. The molecule has 0 saturated heterocycles. The largest absolute Gasteiger partial charge is 0.368 e. The molecule has 76 valence electrons. The van der Waals surface area contributed by atoms with Crippen LogP contribution in [-0.2, 0) is 6.42 Å². The second-order valence-corrected chi connectivity index (χ2v) is 3.56. The quantitative estimate of drug-likeness (QED) is 0.632. The van der Waals surface area contributed by atoms with Crippen molar-refractivity contribution in [2.45, 2.75) is 25.3 Å². The SMILES string of the molecule is NCCc1cc(NC2CC2)nc(N)n1. The molecule has 14 heavy (non-hydrogen) atoms. The lowest BCUT2D eigenvalue weighted by atomic mass is 10.3. The molecule has 2 rings (SSSR count). The van der Waals surface area contributed by atoms with Gasteiger partial charge in [0, 0.05) is 24.2 Å². The molecule has 0 aromatic carbocycles. The number of nitrogen functional groups attached to an aromatic ring is 1. The summed E-state index contributed by atoms with van der Waals surface area (Å²) >= 11 is 0. The summed E-state index contributed by atoms with van der Waals surface area (Å²) in [6.45, 7) is 0.583. The Hall–Kier alpha value is -1.36. The third kappa shape index (κ3) is 2.32. The van der Waals surface area contributed by atoms with Gasteiger partial charge in [0.2, 0.25) is 5.95 Å². The maximum atomic E-state index is 5.58. The second-order valence-electron chi connectivity index (χ2n) is 3.56. The molecule has 0 radical (unpaired) electrons. The second kappa shape index (κ2) is 3.79. The van der Waals surface area contributed by atoms with Crippen LogP contribution in [0.1, 0.15) is 18.5 Å². The smallest absolute Gasteiger partial charge is 0.222 e. The van der Waals surface area contributed by atoms with E-state index in [1.807, 2.05) is 6.07 Å². The molecule has 5 nitrogen and oxygen atoms in total. The first-order valence-corrected chi connectivity index (χ1v) is 4.88. The summed E-state index contributed by atoms with van der Waals surface area (Å²) in [5.74, 6) is 1.14. The van der Waals surface area contributed by atoms with Gasteiger partial charge in [-0.25, -0.2) is 4.98 Å². The molecule has 5 N–H and O–H groups in total. The number of nitrogens with one attached hydrogen (secondary N) is 1. The molecule has 5 heteroatoms. The lowest BCUT2D eigenvalue weighted by Gasteiger charge is -2.06. The van der Waals surface area contributed by atoms with Crippen LogP contribution in [0, 0.1) is 0 Å². The molecular formula is C9H15N5. The Bertz CT molecular complexity index is 321. The van der Waals surface area contributed by atoms with E-state index in [1.165, 1.54) is 12.8 Å². The first kappa shape index (κ1) is 9.21. The van der Waals surface area contributed by atoms with Crippen LogP contribution in [0.2, 0.25) is 0 Å². The Morgan fingerprint density at radius 1 is 1.43 bits per heavy atom. The fraction of sp³-hybridized carbons (Fsp3) is 0.556. The first-order valence-electron chi connectivity index (χ1n) is 4.88. The van der Waals surface area contributed by atoms with Crippen LogP contribution in [0.15, 0.2) is 6.07 Å². The lowest BCUT2D eigenvalue weighted by molar-refractivity contribution is 0.912. The third-order valence-corrected chi connectivity index (χ3v) is 2.13. The summed E-state index contributed by atoms with van der Waals surface area (Å²) in [5.41, 5.74) is 11.9. The Balaban J connectivity index is 2.12. The Kier molecular flexibility index (Phi) is 2.49. The van der Waals surface area contributed by atoms with Crippen molar-refractivity contribution in [3.05, 3.63) is 11.8 Å². The predicted molar refractivity (Wildman–Crippen MR) is 55.8 cm³/mol. The molecule has 0 unspecified atom stereocenters. The van der Waals surface area contributed by atoms with Gasteiger partial charge in [-0.1, -0.05) is 0 Å². The minimum Gasteiger partial charge on any atom is -0.368 e. The van der Waals surface area contributed by atoms with Crippen molar-refractivity contribution >= 4 is 11.8 Å². The Morgan fingerprint density at radius 2 is 2.21 bits per heavy atom. The Labute approximate surface area is 82.9 Å². The van der Waals surface area contributed by atoms with Crippen molar-refractivity contribution in [1.82, 2.24) is 9.97 Å². The summed E-state index contributed by atoms with van der Waals surface area (Å²) in [7, 11) is 0. The zero-order valence-electron chi connectivity index (χ0n) is 8.03. The third-order valence-electron chi connectivity index (χ3n) is 2.13. The summed E-state index contributed by atoms with van der Waals surface area (Å²) in [5, 5.41) is 3.28. The number of hydrogen-bond acceptors (Lipinski definition) is 5. The minimum absolute atomic E-state index is 0.319. The molecule has 1 saturated carbocycles. The number of hydrogen-bond donors (Lipinski definition) is 3. The highest BCUT2D eigenvalue weighted by Gasteiger charge is 2.21. The van der Waals surface area contributed by atoms with Crippen molar-refractivity contribution in [1.29, 1.82) is 0 Å². The van der Waals surface area contributed by atoms with Crippen LogP contribution in [-0.4, -0.2) is 22.6 Å². The molecule has 1 aromatic rings. The van der Waals surface area contributed by atoms with E-state index in [0.29, 0.717) is 18.5 Å². The highest BCUT2D eigenvalue weighted by molar-refractivity contribution is 5.42. The van der Waals surface area contributed by atoms with E-state index in [0.717, 1.165) is 17.9 Å². The highest BCUT2D eigenvalue weighted by Crippen LogP contribution is 2.24. The van der Waals surface area contributed by atoms with Crippen LogP contribution in [0.5, 0.6) is 0 Å². The number of aromatic nitrogens is 2. The molecule has 0 spiro atoms.